The number of pyridine rings is 1. The summed E-state index contributed by atoms with van der Waals surface area (Å²) in [5, 5.41) is 4.02. The molecule has 1 aromatic carbocycles. The number of aromatic nitrogens is 3. The molecule has 30 heavy (non-hydrogen) atoms. The van der Waals surface area contributed by atoms with Gasteiger partial charge in [0.05, 0.1) is 11.8 Å². The molecule has 0 radical (unpaired) electrons. The minimum atomic E-state index is -0.326. The van der Waals surface area contributed by atoms with E-state index >= 15 is 0 Å². The van der Waals surface area contributed by atoms with E-state index in [0.717, 1.165) is 15.7 Å². The Labute approximate surface area is 181 Å². The third kappa shape index (κ3) is 3.49. The summed E-state index contributed by atoms with van der Waals surface area (Å²) >= 11 is 3.43. The van der Waals surface area contributed by atoms with E-state index < -0.39 is 0 Å². The Kier molecular flexibility index (Phi) is 4.82. The Hall–Kier alpha value is -3.07. The number of nitrogens with zero attached hydrogens (tertiary/aromatic N) is 5. The third-order valence-electron chi connectivity index (χ3n) is 5.52. The fourth-order valence-corrected chi connectivity index (χ4v) is 4.25. The molecule has 3 aromatic rings. The van der Waals surface area contributed by atoms with Crippen molar-refractivity contribution in [2.45, 2.75) is 12.3 Å². The number of rotatable bonds is 4. The van der Waals surface area contributed by atoms with Crippen molar-refractivity contribution in [1.29, 1.82) is 0 Å². The van der Waals surface area contributed by atoms with E-state index in [-0.39, 0.29) is 30.1 Å². The molecule has 2 aromatic heterocycles. The Balaban J connectivity index is 1.20. The summed E-state index contributed by atoms with van der Waals surface area (Å²) in [5.74, 6) is 0.726. The molecule has 0 saturated carbocycles. The fraction of sp³-hybridized carbons (Fsp3) is 0.286. The highest BCUT2D eigenvalue weighted by Crippen LogP contribution is 2.32. The summed E-state index contributed by atoms with van der Waals surface area (Å²) in [4.78, 5) is 37.2. The number of anilines is 1. The molecule has 2 saturated heterocycles. The highest BCUT2D eigenvalue weighted by atomic mass is 79.9. The number of carbonyl (C=O) groups is 2. The number of hydrogen-bond acceptors (Lipinski definition) is 6. The van der Waals surface area contributed by atoms with Gasteiger partial charge in [0.15, 0.2) is 0 Å². The van der Waals surface area contributed by atoms with Crippen molar-refractivity contribution in [3.63, 3.8) is 0 Å². The summed E-state index contributed by atoms with van der Waals surface area (Å²) in [6, 6.07) is 11.2. The molecular formula is C21H18BrN5O3. The standard InChI is InChI=1S/C21H18BrN5O3/c22-16-2-1-3-17(9-16)27-12-14(8-18(27)28)21(29)26-10-15(11-26)20-24-19(25-30-20)13-4-6-23-7-5-13/h1-7,9,14-15H,8,10-12H2. The van der Waals surface area contributed by atoms with Crippen molar-refractivity contribution in [3.05, 3.63) is 59.2 Å². The number of carbonyl (C=O) groups excluding carboxylic acids is 2. The van der Waals surface area contributed by atoms with Crippen LogP contribution in [0, 0.1) is 5.92 Å². The van der Waals surface area contributed by atoms with Gasteiger partial charge in [-0.1, -0.05) is 27.2 Å². The number of amides is 2. The van der Waals surface area contributed by atoms with Crippen LogP contribution in [0.15, 0.2) is 57.8 Å². The first-order valence-corrected chi connectivity index (χ1v) is 10.5. The van der Waals surface area contributed by atoms with Crippen LogP contribution in [0.3, 0.4) is 0 Å². The molecule has 4 heterocycles. The zero-order valence-corrected chi connectivity index (χ0v) is 17.5. The lowest BCUT2D eigenvalue weighted by atomic mass is 9.96. The third-order valence-corrected chi connectivity index (χ3v) is 6.01. The van der Waals surface area contributed by atoms with Crippen LogP contribution in [0.2, 0.25) is 0 Å². The van der Waals surface area contributed by atoms with Crippen molar-refractivity contribution in [1.82, 2.24) is 20.0 Å². The molecule has 1 atom stereocenters. The van der Waals surface area contributed by atoms with Crippen LogP contribution in [0.25, 0.3) is 11.4 Å². The van der Waals surface area contributed by atoms with Gasteiger partial charge < -0.3 is 14.3 Å². The summed E-state index contributed by atoms with van der Waals surface area (Å²) < 4.78 is 6.30. The fourth-order valence-electron chi connectivity index (χ4n) is 3.86. The number of hydrogen-bond donors (Lipinski definition) is 0. The molecule has 0 bridgehead atoms. The minimum absolute atomic E-state index is 0.00553. The topological polar surface area (TPSA) is 92.4 Å². The first-order valence-electron chi connectivity index (χ1n) is 9.67. The molecule has 5 rings (SSSR count). The van der Waals surface area contributed by atoms with E-state index in [4.69, 9.17) is 4.52 Å². The molecule has 0 N–H and O–H groups in total. The number of likely N-dealkylation sites (tertiary alicyclic amines) is 1. The molecule has 152 valence electrons. The van der Waals surface area contributed by atoms with Gasteiger partial charge in [-0.05, 0) is 30.3 Å². The number of halogens is 1. The molecule has 2 amide bonds. The first kappa shape index (κ1) is 18.9. The quantitative estimate of drug-likeness (QED) is 0.585. The van der Waals surface area contributed by atoms with Crippen molar-refractivity contribution in [2.75, 3.05) is 24.5 Å². The van der Waals surface area contributed by atoms with Gasteiger partial charge in [0.1, 0.15) is 0 Å². The molecular weight excluding hydrogens is 450 g/mol. The van der Waals surface area contributed by atoms with E-state index in [9.17, 15) is 9.59 Å². The second-order valence-corrected chi connectivity index (χ2v) is 8.43. The van der Waals surface area contributed by atoms with Crippen molar-refractivity contribution < 1.29 is 14.1 Å². The number of benzene rings is 1. The van der Waals surface area contributed by atoms with Gasteiger partial charge in [0.2, 0.25) is 23.5 Å². The predicted octanol–water partition coefficient (Wildman–Crippen LogP) is 2.87. The van der Waals surface area contributed by atoms with E-state index in [1.54, 1.807) is 22.2 Å². The van der Waals surface area contributed by atoms with Gasteiger partial charge in [0, 0.05) is 54.2 Å². The maximum atomic E-state index is 12.9. The van der Waals surface area contributed by atoms with Gasteiger partial charge in [-0.2, -0.15) is 4.98 Å². The monoisotopic (exact) mass is 467 g/mol. The van der Waals surface area contributed by atoms with Crippen molar-refractivity contribution >= 4 is 33.4 Å². The van der Waals surface area contributed by atoms with Crippen LogP contribution in [0.1, 0.15) is 18.2 Å². The SMILES string of the molecule is O=C(C1CC(=O)N(c2cccc(Br)c2)C1)N1CC(c2nc(-c3ccncc3)no2)C1. The normalized spacial score (nSPS) is 19.2. The van der Waals surface area contributed by atoms with Crippen LogP contribution < -0.4 is 4.90 Å². The van der Waals surface area contributed by atoms with E-state index in [0.29, 0.717) is 31.3 Å². The summed E-state index contributed by atoms with van der Waals surface area (Å²) in [6.45, 7) is 1.46. The largest absolute Gasteiger partial charge is 0.341 e. The Morgan fingerprint density at radius 1 is 1.13 bits per heavy atom. The van der Waals surface area contributed by atoms with Crippen LogP contribution in [-0.4, -0.2) is 51.5 Å². The van der Waals surface area contributed by atoms with E-state index in [1.807, 2.05) is 36.4 Å². The molecule has 2 fully saturated rings. The highest BCUT2D eigenvalue weighted by Gasteiger charge is 2.42. The lowest BCUT2D eigenvalue weighted by molar-refractivity contribution is -0.140. The van der Waals surface area contributed by atoms with Crippen LogP contribution in [0.4, 0.5) is 5.69 Å². The summed E-state index contributed by atoms with van der Waals surface area (Å²) in [7, 11) is 0. The van der Waals surface area contributed by atoms with Gasteiger partial charge >= 0.3 is 0 Å². The highest BCUT2D eigenvalue weighted by molar-refractivity contribution is 9.10. The van der Waals surface area contributed by atoms with Gasteiger partial charge in [-0.3, -0.25) is 14.6 Å². The van der Waals surface area contributed by atoms with Crippen molar-refractivity contribution in [2.24, 2.45) is 5.92 Å². The second kappa shape index (κ2) is 7.64. The maximum absolute atomic E-state index is 12.9. The molecule has 9 heteroatoms. The lowest BCUT2D eigenvalue weighted by Crippen LogP contribution is -2.51. The predicted molar refractivity (Wildman–Crippen MR) is 111 cm³/mol. The van der Waals surface area contributed by atoms with Gasteiger partial charge in [0.25, 0.3) is 0 Å². The van der Waals surface area contributed by atoms with Crippen LogP contribution >= 0.6 is 15.9 Å². The lowest BCUT2D eigenvalue weighted by Gasteiger charge is -2.38. The Morgan fingerprint density at radius 3 is 2.70 bits per heavy atom. The van der Waals surface area contributed by atoms with E-state index in [2.05, 4.69) is 31.1 Å². The average molecular weight is 468 g/mol. The molecule has 8 nitrogen and oxygen atoms in total. The zero-order valence-electron chi connectivity index (χ0n) is 15.9. The first-order chi connectivity index (χ1) is 14.6. The second-order valence-electron chi connectivity index (χ2n) is 7.52. The summed E-state index contributed by atoms with van der Waals surface area (Å²) in [5.41, 5.74) is 1.64. The summed E-state index contributed by atoms with van der Waals surface area (Å²) in [6.07, 6.45) is 3.59. The molecule has 2 aliphatic rings. The van der Waals surface area contributed by atoms with Gasteiger partial charge in [-0.15, -0.1) is 0 Å². The molecule has 0 aliphatic carbocycles. The smallest absolute Gasteiger partial charge is 0.233 e. The van der Waals surface area contributed by atoms with Crippen molar-refractivity contribution in [3.8, 4) is 11.4 Å². The van der Waals surface area contributed by atoms with Crippen LogP contribution in [-0.2, 0) is 9.59 Å². The van der Waals surface area contributed by atoms with Gasteiger partial charge in [-0.25, -0.2) is 0 Å². The minimum Gasteiger partial charge on any atom is -0.341 e. The molecule has 1 unspecified atom stereocenters. The van der Waals surface area contributed by atoms with Crippen LogP contribution in [0.5, 0.6) is 0 Å². The molecule has 0 spiro atoms. The maximum Gasteiger partial charge on any atom is 0.233 e. The Bertz CT molecular complexity index is 1100. The average Bonchev–Trinajstić information content (AvgIpc) is 3.35. The van der Waals surface area contributed by atoms with E-state index in [1.165, 1.54) is 0 Å². The Morgan fingerprint density at radius 2 is 1.93 bits per heavy atom. The molecule has 2 aliphatic heterocycles. The zero-order chi connectivity index (χ0) is 20.7.